The maximum Gasteiger partial charge on any atom is 0.145 e. The number of hydrogen-bond acceptors (Lipinski definition) is 4. The minimum absolute atomic E-state index is 0.104. The second kappa shape index (κ2) is 10.5. The Bertz CT molecular complexity index is 824. The summed E-state index contributed by atoms with van der Waals surface area (Å²) >= 11 is 5.96. The van der Waals surface area contributed by atoms with Crippen LogP contribution in [0.3, 0.4) is 0 Å². The van der Waals surface area contributed by atoms with E-state index in [9.17, 15) is 9.50 Å². The first-order chi connectivity index (χ1) is 14.0. The van der Waals surface area contributed by atoms with Gasteiger partial charge in [-0.25, -0.2) is 4.39 Å². The molecule has 0 unspecified atom stereocenters. The maximum absolute atomic E-state index is 13.2. The van der Waals surface area contributed by atoms with E-state index in [1.54, 1.807) is 18.2 Å². The third-order valence-electron chi connectivity index (χ3n) is 4.86. The van der Waals surface area contributed by atoms with Gasteiger partial charge in [-0.15, -0.1) is 6.58 Å². The molecule has 3 rings (SSSR count). The molecule has 0 saturated heterocycles. The molecule has 2 aromatic rings. The van der Waals surface area contributed by atoms with Gasteiger partial charge >= 0.3 is 0 Å². The molecule has 1 N–H and O–H groups in total. The average Bonchev–Trinajstić information content (AvgIpc) is 3.17. The van der Waals surface area contributed by atoms with Gasteiger partial charge in [0.25, 0.3) is 0 Å². The highest BCUT2D eigenvalue weighted by Gasteiger charge is 2.25. The summed E-state index contributed by atoms with van der Waals surface area (Å²) in [6.45, 7) is 5.42. The van der Waals surface area contributed by atoms with Crippen LogP contribution in [0, 0.1) is 5.82 Å². The fraction of sp³-hybridized carbons (Fsp3) is 0.348. The van der Waals surface area contributed by atoms with E-state index in [0.717, 1.165) is 23.3 Å². The molecule has 154 valence electrons. The van der Waals surface area contributed by atoms with Gasteiger partial charge in [0.2, 0.25) is 0 Å². The number of oxime groups is 1. The lowest BCUT2D eigenvalue weighted by Crippen LogP contribution is -2.37. The van der Waals surface area contributed by atoms with Crippen LogP contribution in [0.15, 0.2) is 66.3 Å². The van der Waals surface area contributed by atoms with Gasteiger partial charge in [0.05, 0.1) is 11.8 Å². The van der Waals surface area contributed by atoms with Gasteiger partial charge in [0, 0.05) is 31.1 Å². The molecule has 1 aliphatic heterocycles. The molecule has 0 aromatic heterocycles. The number of aliphatic hydroxyl groups excluding tert-OH is 1. The van der Waals surface area contributed by atoms with Crippen molar-refractivity contribution in [1.29, 1.82) is 0 Å². The first kappa shape index (κ1) is 21.5. The topological polar surface area (TPSA) is 45.1 Å². The van der Waals surface area contributed by atoms with Gasteiger partial charge in [-0.05, 0) is 48.2 Å². The summed E-state index contributed by atoms with van der Waals surface area (Å²) in [6.07, 6.45) is 3.33. The molecule has 6 heteroatoms. The first-order valence-electron chi connectivity index (χ1n) is 9.78. The van der Waals surface area contributed by atoms with E-state index >= 15 is 0 Å². The molecule has 0 radical (unpaired) electrons. The second-order valence-electron chi connectivity index (χ2n) is 7.32. The summed E-state index contributed by atoms with van der Waals surface area (Å²) < 4.78 is 13.2. The summed E-state index contributed by atoms with van der Waals surface area (Å²) in [5.74, 6) is -0.258. The zero-order valence-corrected chi connectivity index (χ0v) is 17.1. The Hall–Kier alpha value is -2.21. The van der Waals surface area contributed by atoms with Crippen molar-refractivity contribution in [2.24, 2.45) is 5.16 Å². The van der Waals surface area contributed by atoms with Crippen LogP contribution in [0.5, 0.6) is 0 Å². The summed E-state index contributed by atoms with van der Waals surface area (Å²) in [4.78, 5) is 7.79. The molecule has 0 amide bonds. The summed E-state index contributed by atoms with van der Waals surface area (Å²) in [5, 5.41) is 15.3. The molecule has 2 aromatic carbocycles. The van der Waals surface area contributed by atoms with Gasteiger partial charge in [0.1, 0.15) is 11.9 Å². The minimum atomic E-state index is -0.466. The van der Waals surface area contributed by atoms with Crippen LogP contribution in [-0.2, 0) is 11.4 Å². The maximum atomic E-state index is 13.2. The highest BCUT2D eigenvalue weighted by Crippen LogP contribution is 2.20. The van der Waals surface area contributed by atoms with Crippen molar-refractivity contribution in [3.63, 3.8) is 0 Å². The SMILES string of the molecule is C=CCC[C@H](O)CN(Cc1ccc(F)cc1)C[C@H]1CC(c2ccc(Cl)cc2)=NO1. The number of aliphatic hydroxyl groups is 1. The van der Waals surface area contributed by atoms with Crippen LogP contribution in [0.25, 0.3) is 0 Å². The first-order valence-corrected chi connectivity index (χ1v) is 10.2. The molecule has 4 nitrogen and oxygen atoms in total. The zero-order valence-electron chi connectivity index (χ0n) is 16.3. The number of halogens is 2. The van der Waals surface area contributed by atoms with Crippen molar-refractivity contribution >= 4 is 17.3 Å². The molecule has 0 saturated carbocycles. The summed E-state index contributed by atoms with van der Waals surface area (Å²) in [5.41, 5.74) is 2.87. The molecule has 29 heavy (non-hydrogen) atoms. The number of allylic oxidation sites excluding steroid dienone is 1. The fourth-order valence-corrected chi connectivity index (χ4v) is 3.50. The summed E-state index contributed by atoms with van der Waals surface area (Å²) in [7, 11) is 0. The van der Waals surface area contributed by atoms with Crippen molar-refractivity contribution in [2.45, 2.75) is 38.0 Å². The molecule has 1 aliphatic rings. The zero-order chi connectivity index (χ0) is 20.6. The van der Waals surface area contributed by atoms with E-state index in [-0.39, 0.29) is 11.9 Å². The number of benzene rings is 2. The van der Waals surface area contributed by atoms with Crippen LogP contribution in [0.4, 0.5) is 4.39 Å². The predicted molar refractivity (Wildman–Crippen MR) is 115 cm³/mol. The largest absolute Gasteiger partial charge is 0.392 e. The van der Waals surface area contributed by atoms with Crippen LogP contribution < -0.4 is 0 Å². The van der Waals surface area contributed by atoms with E-state index < -0.39 is 6.10 Å². The Kier molecular flexibility index (Phi) is 7.81. The van der Waals surface area contributed by atoms with Gasteiger partial charge < -0.3 is 9.94 Å². The van der Waals surface area contributed by atoms with Crippen molar-refractivity contribution in [2.75, 3.05) is 13.1 Å². The van der Waals surface area contributed by atoms with Crippen molar-refractivity contribution in [3.8, 4) is 0 Å². The Labute approximate surface area is 176 Å². The van der Waals surface area contributed by atoms with E-state index in [0.29, 0.717) is 37.5 Å². The monoisotopic (exact) mass is 416 g/mol. The van der Waals surface area contributed by atoms with Crippen molar-refractivity contribution < 1.29 is 14.3 Å². The Morgan fingerprint density at radius 2 is 1.97 bits per heavy atom. The molecule has 0 bridgehead atoms. The highest BCUT2D eigenvalue weighted by atomic mass is 35.5. The standard InChI is InChI=1S/C23H26ClFN2O2/c1-2-3-4-21(28)15-27(14-17-5-11-20(25)12-6-17)16-22-13-23(26-29-22)18-7-9-19(24)10-8-18/h2,5-12,21-22,28H,1,3-4,13-16H2/t21-,22+/m0/s1. The normalized spacial score (nSPS) is 17.1. The van der Waals surface area contributed by atoms with Gasteiger partial charge in [-0.2, -0.15) is 0 Å². The van der Waals surface area contributed by atoms with Gasteiger partial charge in [0.15, 0.2) is 0 Å². The third kappa shape index (κ3) is 6.67. The van der Waals surface area contributed by atoms with Crippen molar-refractivity contribution in [3.05, 3.63) is 83.2 Å². The molecular weight excluding hydrogens is 391 g/mol. The van der Waals surface area contributed by atoms with Crippen LogP contribution in [0.2, 0.25) is 5.02 Å². The predicted octanol–water partition coefficient (Wildman–Crippen LogP) is 4.80. The van der Waals surface area contributed by atoms with E-state index in [1.807, 2.05) is 24.3 Å². The fourth-order valence-electron chi connectivity index (χ4n) is 3.38. The molecule has 0 fully saturated rings. The molecule has 2 atom stereocenters. The second-order valence-corrected chi connectivity index (χ2v) is 7.75. The van der Waals surface area contributed by atoms with E-state index in [2.05, 4.69) is 16.6 Å². The smallest absolute Gasteiger partial charge is 0.145 e. The van der Waals surface area contributed by atoms with Gasteiger partial charge in [-0.3, -0.25) is 4.90 Å². The molecule has 0 spiro atoms. The number of nitrogens with zero attached hydrogens (tertiary/aromatic N) is 2. The van der Waals surface area contributed by atoms with Crippen molar-refractivity contribution in [1.82, 2.24) is 4.90 Å². The van der Waals surface area contributed by atoms with E-state index in [1.165, 1.54) is 12.1 Å². The van der Waals surface area contributed by atoms with E-state index in [4.69, 9.17) is 16.4 Å². The number of hydrogen-bond donors (Lipinski definition) is 1. The van der Waals surface area contributed by atoms with Crippen LogP contribution in [-0.4, -0.2) is 41.0 Å². The molecule has 0 aliphatic carbocycles. The van der Waals surface area contributed by atoms with Crippen LogP contribution in [0.1, 0.15) is 30.4 Å². The Balaban J connectivity index is 1.62. The third-order valence-corrected chi connectivity index (χ3v) is 5.12. The lowest BCUT2D eigenvalue weighted by molar-refractivity contribution is 0.0308. The highest BCUT2D eigenvalue weighted by molar-refractivity contribution is 6.30. The molecular formula is C23H26ClFN2O2. The minimum Gasteiger partial charge on any atom is -0.392 e. The quantitative estimate of drug-likeness (QED) is 0.566. The lowest BCUT2D eigenvalue weighted by atomic mass is 10.0. The average molecular weight is 417 g/mol. The van der Waals surface area contributed by atoms with Gasteiger partial charge in [-0.1, -0.05) is 47.1 Å². The van der Waals surface area contributed by atoms with Crippen LogP contribution >= 0.6 is 11.6 Å². The lowest BCUT2D eigenvalue weighted by Gasteiger charge is -2.27. The Morgan fingerprint density at radius 1 is 1.24 bits per heavy atom. The Morgan fingerprint density at radius 3 is 2.66 bits per heavy atom. The summed E-state index contributed by atoms with van der Waals surface area (Å²) in [6, 6.07) is 14.0. The number of rotatable bonds is 10. The molecule has 1 heterocycles.